The van der Waals surface area contributed by atoms with Crippen molar-refractivity contribution in [1.29, 1.82) is 0 Å². The molecule has 2 atom stereocenters. The molecule has 0 radical (unpaired) electrons. The van der Waals surface area contributed by atoms with Crippen LogP contribution in [-0.4, -0.2) is 45.8 Å². The number of nitrogens with two attached hydrogens (primary N) is 1. The standard InChI is InChI=1S/C12H15N3O4/c1-6-2-3-8(10(13)17)11(14-6)15-5-7(16)4-9(15)12(18)19/h2-3,7,9,16H,4-5H2,1H3,(H2,13,17)(H,18,19). The molecule has 1 aliphatic rings. The molecule has 102 valence electrons. The van der Waals surface area contributed by atoms with Gasteiger partial charge < -0.3 is 20.8 Å². The molecule has 2 heterocycles. The van der Waals surface area contributed by atoms with E-state index in [1.54, 1.807) is 13.0 Å². The maximum absolute atomic E-state index is 11.4. The first-order valence-corrected chi connectivity index (χ1v) is 5.85. The van der Waals surface area contributed by atoms with E-state index in [-0.39, 0.29) is 24.3 Å². The average Bonchev–Trinajstić information content (AvgIpc) is 2.70. The van der Waals surface area contributed by atoms with Crippen LogP contribution in [0.5, 0.6) is 0 Å². The van der Waals surface area contributed by atoms with Crippen molar-refractivity contribution in [1.82, 2.24) is 4.98 Å². The number of carboxylic acid groups (broad SMARTS) is 1. The van der Waals surface area contributed by atoms with Crippen molar-refractivity contribution in [2.75, 3.05) is 11.4 Å². The summed E-state index contributed by atoms with van der Waals surface area (Å²) in [5.41, 5.74) is 6.08. The Morgan fingerprint density at radius 3 is 2.74 bits per heavy atom. The molecule has 7 nitrogen and oxygen atoms in total. The Labute approximate surface area is 109 Å². The van der Waals surface area contributed by atoms with Crippen molar-refractivity contribution >= 4 is 17.7 Å². The zero-order chi connectivity index (χ0) is 14.2. The van der Waals surface area contributed by atoms with E-state index >= 15 is 0 Å². The van der Waals surface area contributed by atoms with Crippen molar-refractivity contribution in [2.24, 2.45) is 5.73 Å². The SMILES string of the molecule is Cc1ccc(C(N)=O)c(N2CC(O)CC2C(=O)O)n1. The topological polar surface area (TPSA) is 117 Å². The minimum absolute atomic E-state index is 0.100. The highest BCUT2D eigenvalue weighted by molar-refractivity contribution is 5.98. The van der Waals surface area contributed by atoms with Gasteiger partial charge >= 0.3 is 5.97 Å². The van der Waals surface area contributed by atoms with Gasteiger partial charge in [-0.25, -0.2) is 9.78 Å². The average molecular weight is 265 g/mol. The summed E-state index contributed by atoms with van der Waals surface area (Å²) in [6.45, 7) is 1.85. The summed E-state index contributed by atoms with van der Waals surface area (Å²) in [6.07, 6.45) is -0.660. The van der Waals surface area contributed by atoms with E-state index in [1.165, 1.54) is 11.0 Å². The number of amides is 1. The van der Waals surface area contributed by atoms with E-state index in [0.717, 1.165) is 0 Å². The number of pyridine rings is 1. The lowest BCUT2D eigenvalue weighted by Gasteiger charge is -2.24. The lowest BCUT2D eigenvalue weighted by Crippen LogP contribution is -2.38. The smallest absolute Gasteiger partial charge is 0.326 e. The van der Waals surface area contributed by atoms with Crippen LogP contribution in [0.2, 0.25) is 0 Å². The molecule has 2 unspecified atom stereocenters. The summed E-state index contributed by atoms with van der Waals surface area (Å²) < 4.78 is 0. The second kappa shape index (κ2) is 4.85. The van der Waals surface area contributed by atoms with Crippen molar-refractivity contribution in [3.8, 4) is 0 Å². The van der Waals surface area contributed by atoms with E-state index < -0.39 is 24.0 Å². The number of hydrogen-bond donors (Lipinski definition) is 3. The van der Waals surface area contributed by atoms with E-state index in [4.69, 9.17) is 10.8 Å². The predicted octanol–water partition coefficient (Wildman–Crippen LogP) is -0.487. The highest BCUT2D eigenvalue weighted by Gasteiger charge is 2.38. The summed E-state index contributed by atoms with van der Waals surface area (Å²) in [4.78, 5) is 28.2. The van der Waals surface area contributed by atoms with Crippen LogP contribution >= 0.6 is 0 Å². The van der Waals surface area contributed by atoms with Crippen molar-refractivity contribution in [2.45, 2.75) is 25.5 Å². The number of hydrogen-bond acceptors (Lipinski definition) is 5. The Morgan fingerprint density at radius 2 is 2.16 bits per heavy atom. The fourth-order valence-corrected chi connectivity index (χ4v) is 2.24. The van der Waals surface area contributed by atoms with E-state index in [2.05, 4.69) is 4.98 Å². The maximum atomic E-state index is 11.4. The summed E-state index contributed by atoms with van der Waals surface area (Å²) in [5, 5.41) is 18.8. The Kier molecular flexibility index (Phi) is 3.39. The van der Waals surface area contributed by atoms with Crippen molar-refractivity contribution < 1.29 is 19.8 Å². The third-order valence-electron chi connectivity index (χ3n) is 3.12. The number of aliphatic hydroxyl groups is 1. The third-order valence-corrected chi connectivity index (χ3v) is 3.12. The van der Waals surface area contributed by atoms with Gasteiger partial charge in [-0.05, 0) is 19.1 Å². The van der Waals surface area contributed by atoms with Gasteiger partial charge in [0.15, 0.2) is 0 Å². The van der Waals surface area contributed by atoms with Gasteiger partial charge in [0, 0.05) is 18.7 Å². The first kappa shape index (κ1) is 13.3. The molecule has 2 rings (SSSR count). The second-order valence-corrected chi connectivity index (χ2v) is 4.58. The van der Waals surface area contributed by atoms with Crippen LogP contribution in [0.4, 0.5) is 5.82 Å². The Balaban J connectivity index is 2.47. The molecule has 1 saturated heterocycles. The Bertz CT molecular complexity index is 532. The van der Waals surface area contributed by atoms with Gasteiger partial charge in [-0.15, -0.1) is 0 Å². The predicted molar refractivity (Wildman–Crippen MR) is 66.9 cm³/mol. The van der Waals surface area contributed by atoms with Crippen LogP contribution in [0.3, 0.4) is 0 Å². The second-order valence-electron chi connectivity index (χ2n) is 4.58. The van der Waals surface area contributed by atoms with Crippen molar-refractivity contribution in [3.63, 3.8) is 0 Å². The van der Waals surface area contributed by atoms with Crippen LogP contribution in [0.1, 0.15) is 22.5 Å². The summed E-state index contributed by atoms with van der Waals surface area (Å²) >= 11 is 0. The molecule has 7 heteroatoms. The van der Waals surface area contributed by atoms with Crippen LogP contribution in [0.15, 0.2) is 12.1 Å². The van der Waals surface area contributed by atoms with Gasteiger partial charge in [-0.3, -0.25) is 4.79 Å². The molecule has 0 saturated carbocycles. The molecule has 1 aromatic rings. The van der Waals surface area contributed by atoms with Gasteiger partial charge in [0.2, 0.25) is 0 Å². The van der Waals surface area contributed by atoms with Crippen LogP contribution < -0.4 is 10.6 Å². The van der Waals surface area contributed by atoms with E-state index in [9.17, 15) is 14.7 Å². The number of carbonyl (C=O) groups is 2. The largest absolute Gasteiger partial charge is 0.480 e. The van der Waals surface area contributed by atoms with Crippen molar-refractivity contribution in [3.05, 3.63) is 23.4 Å². The first-order chi connectivity index (χ1) is 8.90. The number of aliphatic hydroxyl groups excluding tert-OH is 1. The first-order valence-electron chi connectivity index (χ1n) is 5.85. The highest BCUT2D eigenvalue weighted by atomic mass is 16.4. The molecular formula is C12H15N3O4. The molecule has 1 amide bonds. The van der Waals surface area contributed by atoms with Gasteiger partial charge in [0.25, 0.3) is 5.91 Å². The highest BCUT2D eigenvalue weighted by Crippen LogP contribution is 2.27. The lowest BCUT2D eigenvalue weighted by atomic mass is 10.1. The zero-order valence-electron chi connectivity index (χ0n) is 10.4. The lowest BCUT2D eigenvalue weighted by molar-refractivity contribution is -0.138. The number of aromatic nitrogens is 1. The molecule has 19 heavy (non-hydrogen) atoms. The number of carboxylic acids is 1. The fraction of sp³-hybridized carbons (Fsp3) is 0.417. The van der Waals surface area contributed by atoms with Gasteiger partial charge in [0.1, 0.15) is 11.9 Å². The molecule has 0 bridgehead atoms. The minimum Gasteiger partial charge on any atom is -0.480 e. The maximum Gasteiger partial charge on any atom is 0.326 e. The molecule has 0 spiro atoms. The Morgan fingerprint density at radius 1 is 1.47 bits per heavy atom. The normalized spacial score (nSPS) is 22.5. The molecule has 1 aromatic heterocycles. The number of primary amides is 1. The molecule has 1 fully saturated rings. The number of rotatable bonds is 3. The summed E-state index contributed by atoms with van der Waals surface area (Å²) in [5.74, 6) is -1.51. The molecular weight excluding hydrogens is 250 g/mol. The van der Waals surface area contributed by atoms with E-state index in [1.807, 2.05) is 0 Å². The number of carbonyl (C=O) groups excluding carboxylic acids is 1. The number of β-amino-alcohol motifs (C(OH)–C–C–N with tert-alkyl or cyclic N) is 1. The van der Waals surface area contributed by atoms with Crippen LogP contribution in [0, 0.1) is 6.92 Å². The molecule has 1 aliphatic heterocycles. The Hall–Kier alpha value is -2.15. The fourth-order valence-electron chi connectivity index (χ4n) is 2.24. The summed E-state index contributed by atoms with van der Waals surface area (Å²) in [7, 11) is 0. The minimum atomic E-state index is -1.06. The van der Waals surface area contributed by atoms with E-state index in [0.29, 0.717) is 5.69 Å². The zero-order valence-corrected chi connectivity index (χ0v) is 10.4. The monoisotopic (exact) mass is 265 g/mol. The molecule has 0 aliphatic carbocycles. The van der Waals surface area contributed by atoms with Gasteiger partial charge in [-0.2, -0.15) is 0 Å². The van der Waals surface area contributed by atoms with Gasteiger partial charge in [0.05, 0.1) is 11.7 Å². The quantitative estimate of drug-likeness (QED) is 0.679. The number of anilines is 1. The third kappa shape index (κ3) is 2.50. The summed E-state index contributed by atoms with van der Waals surface area (Å²) in [6, 6.07) is 2.25. The molecule has 0 aromatic carbocycles. The van der Waals surface area contributed by atoms with Crippen LogP contribution in [-0.2, 0) is 4.79 Å². The number of aryl methyl sites for hydroxylation is 1. The van der Waals surface area contributed by atoms with Gasteiger partial charge in [-0.1, -0.05) is 0 Å². The van der Waals surface area contributed by atoms with Crippen LogP contribution in [0.25, 0.3) is 0 Å². The number of nitrogens with zero attached hydrogens (tertiary/aromatic N) is 2. The number of aliphatic carboxylic acids is 1. The molecule has 4 N–H and O–H groups in total.